The molecule has 0 aliphatic carbocycles. The first kappa shape index (κ1) is 19.6. The largest absolute Gasteiger partial charge is 0.377 e. The molecule has 1 N–H and O–H groups in total. The van der Waals surface area contributed by atoms with Crippen molar-refractivity contribution in [2.24, 2.45) is 0 Å². The molecule has 1 aromatic heterocycles. The van der Waals surface area contributed by atoms with E-state index in [0.717, 1.165) is 51.7 Å². The van der Waals surface area contributed by atoms with Crippen molar-refractivity contribution in [3.8, 4) is 0 Å². The molecule has 0 atom stereocenters. The van der Waals surface area contributed by atoms with Gasteiger partial charge in [0.2, 0.25) is 0 Å². The van der Waals surface area contributed by atoms with Gasteiger partial charge < -0.3 is 10.1 Å². The lowest BCUT2D eigenvalue weighted by Gasteiger charge is -2.06. The molecule has 3 nitrogen and oxygen atoms in total. The highest BCUT2D eigenvalue weighted by Crippen LogP contribution is 2.25. The maximum Gasteiger partial charge on any atom is 0.195 e. The average molecular weight is 358 g/mol. The fraction of sp³-hybridized carbons (Fsp3) is 0.381. The van der Waals surface area contributed by atoms with Crippen molar-refractivity contribution in [3.63, 3.8) is 0 Å². The van der Waals surface area contributed by atoms with Gasteiger partial charge in [0.15, 0.2) is 5.43 Å². The third-order valence-electron chi connectivity index (χ3n) is 3.90. The first-order chi connectivity index (χ1) is 12.2. The summed E-state index contributed by atoms with van der Waals surface area (Å²) < 4.78 is 7.72. The molecule has 2 aromatic carbocycles. The van der Waals surface area contributed by atoms with Gasteiger partial charge in [0.05, 0.1) is 6.61 Å². The maximum absolute atomic E-state index is 12.6. The summed E-state index contributed by atoms with van der Waals surface area (Å²) in [5, 5.41) is 4.54. The van der Waals surface area contributed by atoms with Gasteiger partial charge in [-0.25, -0.2) is 0 Å². The van der Waals surface area contributed by atoms with Crippen molar-refractivity contribution in [1.29, 1.82) is 0 Å². The fourth-order valence-electron chi connectivity index (χ4n) is 2.38. The quantitative estimate of drug-likeness (QED) is 0.501. The number of fused-ring (bicyclic) bond motifs is 2. The van der Waals surface area contributed by atoms with Crippen LogP contribution in [0.3, 0.4) is 0 Å². The van der Waals surface area contributed by atoms with Crippen molar-refractivity contribution in [2.45, 2.75) is 33.3 Å². The van der Waals surface area contributed by atoms with Crippen LogP contribution in [-0.4, -0.2) is 20.2 Å². The fourth-order valence-corrected chi connectivity index (χ4v) is 3.43. The van der Waals surface area contributed by atoms with E-state index in [2.05, 4.69) is 25.2 Å². The Bertz CT molecular complexity index is 855. The van der Waals surface area contributed by atoms with Gasteiger partial charge in [0.1, 0.15) is 0 Å². The summed E-state index contributed by atoms with van der Waals surface area (Å²) in [7, 11) is 1.93. The summed E-state index contributed by atoms with van der Waals surface area (Å²) >= 11 is 1.67. The van der Waals surface area contributed by atoms with Gasteiger partial charge in [0, 0.05) is 26.8 Å². The Hall–Kier alpha value is -1.75. The molecule has 0 bridgehead atoms. The van der Waals surface area contributed by atoms with Gasteiger partial charge in [-0.1, -0.05) is 38.5 Å². The molecule has 0 unspecified atom stereocenters. The van der Waals surface area contributed by atoms with Crippen molar-refractivity contribution in [2.75, 3.05) is 20.2 Å². The maximum atomic E-state index is 12.6. The number of hydrogen-bond acceptors (Lipinski definition) is 4. The highest BCUT2D eigenvalue weighted by molar-refractivity contribution is 7.24. The molecule has 0 aliphatic heterocycles. The molecule has 134 valence electrons. The molecular weight excluding hydrogens is 330 g/mol. The molecule has 1 heterocycles. The van der Waals surface area contributed by atoms with E-state index in [1.165, 1.54) is 0 Å². The van der Waals surface area contributed by atoms with Crippen LogP contribution in [0.2, 0.25) is 0 Å². The Balaban J connectivity index is 0.000000511. The normalized spacial score (nSPS) is 10.7. The van der Waals surface area contributed by atoms with Crippen LogP contribution in [0.15, 0.2) is 47.3 Å². The van der Waals surface area contributed by atoms with Crippen LogP contribution in [0, 0.1) is 0 Å². The lowest BCUT2D eigenvalue weighted by atomic mass is 10.1. The summed E-state index contributed by atoms with van der Waals surface area (Å²) in [5.41, 5.74) is 1.19. The summed E-state index contributed by atoms with van der Waals surface area (Å²) in [6.07, 6.45) is 2.21. The summed E-state index contributed by atoms with van der Waals surface area (Å²) in [6, 6.07) is 13.9. The molecular formula is C21H27NO2S. The topological polar surface area (TPSA) is 38.3 Å². The number of rotatable bonds is 6. The Morgan fingerprint density at radius 3 is 2.48 bits per heavy atom. The number of benzene rings is 2. The van der Waals surface area contributed by atoms with Crippen LogP contribution >= 0.6 is 11.3 Å². The molecule has 0 fully saturated rings. The van der Waals surface area contributed by atoms with Crippen LogP contribution in [0.5, 0.6) is 0 Å². The molecule has 3 rings (SSSR count). The minimum atomic E-state index is 0.120. The standard InChI is InChI=1S/C18H18O2S.C3H9N/c1-2-3-10-20-12-13-8-9-17-15(11-13)18(19)14-6-4-5-7-16(14)21-17;1-3-4-2/h4-9,11H,2-3,10,12H2,1H3;4H,3H2,1-2H3. The molecule has 0 saturated carbocycles. The monoisotopic (exact) mass is 357 g/mol. The van der Waals surface area contributed by atoms with Gasteiger partial charge in [0.25, 0.3) is 0 Å². The zero-order valence-electron chi connectivity index (χ0n) is 15.3. The van der Waals surface area contributed by atoms with Crippen LogP contribution < -0.4 is 10.7 Å². The second kappa shape index (κ2) is 10.3. The lowest BCUT2D eigenvalue weighted by Crippen LogP contribution is -2.02. The molecule has 25 heavy (non-hydrogen) atoms. The molecule has 0 spiro atoms. The summed E-state index contributed by atoms with van der Waals surface area (Å²) in [6.45, 7) is 6.64. The van der Waals surface area contributed by atoms with Gasteiger partial charge in [-0.3, -0.25) is 4.79 Å². The molecule has 0 amide bonds. The predicted molar refractivity (Wildman–Crippen MR) is 110 cm³/mol. The van der Waals surface area contributed by atoms with E-state index in [4.69, 9.17) is 4.74 Å². The van der Waals surface area contributed by atoms with Crippen molar-refractivity contribution in [3.05, 3.63) is 58.3 Å². The van der Waals surface area contributed by atoms with Crippen LogP contribution in [0.1, 0.15) is 32.3 Å². The average Bonchev–Trinajstić information content (AvgIpc) is 2.66. The highest BCUT2D eigenvalue weighted by atomic mass is 32.1. The van der Waals surface area contributed by atoms with Crippen molar-refractivity contribution < 1.29 is 4.74 Å². The third kappa shape index (κ3) is 5.36. The molecule has 0 aliphatic rings. The van der Waals surface area contributed by atoms with Crippen LogP contribution in [0.25, 0.3) is 20.2 Å². The third-order valence-corrected chi connectivity index (χ3v) is 5.06. The summed E-state index contributed by atoms with van der Waals surface area (Å²) in [4.78, 5) is 12.6. The Labute approximate surface area is 153 Å². The molecule has 0 saturated heterocycles. The van der Waals surface area contributed by atoms with Gasteiger partial charge in [-0.15, -0.1) is 11.3 Å². The van der Waals surface area contributed by atoms with Crippen LogP contribution in [-0.2, 0) is 11.3 Å². The predicted octanol–water partition coefficient (Wildman–Crippen LogP) is 4.96. The van der Waals surface area contributed by atoms with Crippen molar-refractivity contribution in [1.82, 2.24) is 5.32 Å². The van der Waals surface area contributed by atoms with E-state index in [1.54, 1.807) is 11.3 Å². The molecule has 4 heteroatoms. The zero-order valence-corrected chi connectivity index (χ0v) is 16.1. The van der Waals surface area contributed by atoms with Crippen molar-refractivity contribution >= 4 is 31.5 Å². The minimum absolute atomic E-state index is 0.120. The van der Waals surface area contributed by atoms with E-state index in [9.17, 15) is 4.79 Å². The summed E-state index contributed by atoms with van der Waals surface area (Å²) in [5.74, 6) is 0. The second-order valence-corrected chi connectivity index (χ2v) is 6.95. The van der Waals surface area contributed by atoms with E-state index in [-0.39, 0.29) is 5.43 Å². The van der Waals surface area contributed by atoms with E-state index >= 15 is 0 Å². The van der Waals surface area contributed by atoms with Crippen LogP contribution in [0.4, 0.5) is 0 Å². The minimum Gasteiger partial charge on any atom is -0.377 e. The Morgan fingerprint density at radius 1 is 1.04 bits per heavy atom. The smallest absolute Gasteiger partial charge is 0.195 e. The number of ether oxygens (including phenoxy) is 1. The number of hydrogen-bond donors (Lipinski definition) is 1. The molecule has 0 radical (unpaired) electrons. The van der Waals surface area contributed by atoms with Gasteiger partial charge >= 0.3 is 0 Å². The second-order valence-electron chi connectivity index (χ2n) is 5.87. The van der Waals surface area contributed by atoms with Gasteiger partial charge in [-0.2, -0.15) is 0 Å². The first-order valence-electron chi connectivity index (χ1n) is 8.88. The zero-order chi connectivity index (χ0) is 18.1. The number of unbranched alkanes of at least 4 members (excludes halogenated alkanes) is 1. The highest BCUT2D eigenvalue weighted by Gasteiger charge is 2.06. The first-order valence-corrected chi connectivity index (χ1v) is 9.69. The van der Waals surface area contributed by atoms with E-state index < -0.39 is 0 Å². The van der Waals surface area contributed by atoms with Gasteiger partial charge in [-0.05, 0) is 49.8 Å². The van der Waals surface area contributed by atoms with E-state index in [1.807, 2.05) is 43.4 Å². The lowest BCUT2D eigenvalue weighted by molar-refractivity contribution is 0.118. The SMILES string of the molecule is CCCCOCc1ccc2sc3ccccc3c(=O)c2c1.CCNC. The molecule has 3 aromatic rings. The van der Waals surface area contributed by atoms with E-state index in [0.29, 0.717) is 6.61 Å². The Morgan fingerprint density at radius 2 is 1.76 bits per heavy atom. The Kier molecular flexibility index (Phi) is 8.06. The number of nitrogens with one attached hydrogen (secondary N) is 1.